The molecule has 2 fully saturated rings. The Kier molecular flexibility index (Phi) is 4.75. The third-order valence-electron chi connectivity index (χ3n) is 6.31. The molecule has 2 aromatic carbocycles. The van der Waals surface area contributed by atoms with Gasteiger partial charge in [-0.1, -0.05) is 30.0 Å². The number of thioether (sulfide) groups is 1. The van der Waals surface area contributed by atoms with E-state index in [2.05, 4.69) is 15.5 Å². The molecular formula is C24H21N3O4S. The molecule has 2 atom stereocenters. The van der Waals surface area contributed by atoms with Crippen LogP contribution in [0.5, 0.6) is 17.5 Å². The minimum absolute atomic E-state index is 0.0408. The summed E-state index contributed by atoms with van der Waals surface area (Å²) >= 11 is 1.09. The number of hydrogen-bond donors (Lipinski definition) is 1. The molecule has 0 radical (unpaired) electrons. The lowest BCUT2D eigenvalue weighted by atomic mass is 9.97. The quantitative estimate of drug-likeness (QED) is 0.591. The number of amides is 2. The predicted molar refractivity (Wildman–Crippen MR) is 120 cm³/mol. The Morgan fingerprint density at radius 1 is 1.00 bits per heavy atom. The molecule has 1 unspecified atom stereocenters. The van der Waals surface area contributed by atoms with Crippen molar-refractivity contribution >= 4 is 33.7 Å². The van der Waals surface area contributed by atoms with Crippen LogP contribution in [0, 0.1) is 5.92 Å². The van der Waals surface area contributed by atoms with Gasteiger partial charge in [0, 0.05) is 5.92 Å². The zero-order valence-electron chi connectivity index (χ0n) is 17.2. The normalized spacial score (nSPS) is 22.1. The topological polar surface area (TPSA) is 90.4 Å². The summed E-state index contributed by atoms with van der Waals surface area (Å²) in [6.45, 7) is 0.674. The van der Waals surface area contributed by atoms with Crippen LogP contribution < -0.4 is 14.8 Å². The molecular weight excluding hydrogens is 426 g/mol. The molecule has 8 heteroatoms. The van der Waals surface area contributed by atoms with E-state index in [9.17, 15) is 9.59 Å². The van der Waals surface area contributed by atoms with E-state index >= 15 is 0 Å². The van der Waals surface area contributed by atoms with Crippen LogP contribution in [0.1, 0.15) is 36.3 Å². The van der Waals surface area contributed by atoms with Gasteiger partial charge in [-0.2, -0.15) is 0 Å². The molecule has 32 heavy (non-hydrogen) atoms. The van der Waals surface area contributed by atoms with Gasteiger partial charge in [0.25, 0.3) is 5.24 Å². The van der Waals surface area contributed by atoms with Crippen LogP contribution >= 0.6 is 11.8 Å². The number of aromatic nitrogens is 2. The largest absolute Gasteiger partial charge is 0.476 e. The highest BCUT2D eigenvalue weighted by molar-refractivity contribution is 8.15. The van der Waals surface area contributed by atoms with Crippen molar-refractivity contribution in [1.82, 2.24) is 15.5 Å². The Morgan fingerprint density at radius 3 is 2.53 bits per heavy atom. The maximum absolute atomic E-state index is 12.1. The number of hydrogen-bond acceptors (Lipinski definition) is 7. The van der Waals surface area contributed by atoms with E-state index in [1.54, 1.807) is 0 Å². The Morgan fingerprint density at radius 2 is 1.78 bits per heavy atom. The molecule has 0 spiro atoms. The van der Waals surface area contributed by atoms with Gasteiger partial charge in [-0.05, 0) is 67.0 Å². The van der Waals surface area contributed by atoms with Crippen molar-refractivity contribution in [2.24, 2.45) is 5.92 Å². The van der Waals surface area contributed by atoms with Crippen molar-refractivity contribution in [2.45, 2.75) is 36.9 Å². The molecule has 1 saturated heterocycles. The molecule has 1 saturated carbocycles. The van der Waals surface area contributed by atoms with Crippen LogP contribution in [-0.2, 0) is 11.2 Å². The number of rotatable bonds is 6. The van der Waals surface area contributed by atoms with E-state index in [-0.39, 0.29) is 22.3 Å². The molecule has 0 bridgehead atoms. The summed E-state index contributed by atoms with van der Waals surface area (Å²) in [6.07, 6.45) is 4.11. The lowest BCUT2D eigenvalue weighted by molar-refractivity contribution is -0.119. The molecule has 2 aliphatic carbocycles. The fourth-order valence-corrected chi connectivity index (χ4v) is 5.47. The second kappa shape index (κ2) is 7.78. The number of nitrogens with one attached hydrogen (secondary N) is 1. The minimum atomic E-state index is -0.353. The van der Waals surface area contributed by atoms with Crippen LogP contribution in [0.15, 0.2) is 42.5 Å². The summed E-state index contributed by atoms with van der Waals surface area (Å²) < 4.78 is 12.0. The Balaban J connectivity index is 1.26. The Bertz CT molecular complexity index is 1240. The summed E-state index contributed by atoms with van der Waals surface area (Å²) in [7, 11) is 0. The van der Waals surface area contributed by atoms with Crippen LogP contribution in [-0.4, -0.2) is 33.2 Å². The number of carbonyl (C=O) groups is 2. The molecule has 6 rings (SSSR count). The SMILES string of the molecule is O=C1NC(=O)C([C@H]2CCc3cc(Oc4nnc(OCC5CC5)c5ccccc45)ccc32)S1. The monoisotopic (exact) mass is 447 g/mol. The van der Waals surface area contributed by atoms with Crippen molar-refractivity contribution in [1.29, 1.82) is 0 Å². The van der Waals surface area contributed by atoms with Crippen molar-refractivity contribution in [2.75, 3.05) is 6.61 Å². The van der Waals surface area contributed by atoms with Gasteiger partial charge < -0.3 is 9.47 Å². The second-order valence-corrected chi connectivity index (χ2v) is 9.65. The fourth-order valence-electron chi connectivity index (χ4n) is 4.47. The molecule has 1 aliphatic heterocycles. The maximum Gasteiger partial charge on any atom is 0.286 e. The van der Waals surface area contributed by atoms with E-state index in [1.807, 2.05) is 42.5 Å². The standard InChI is InChI=1S/C24H21N3O4S/c28-21-20(32-24(29)25-21)17-9-7-14-11-15(8-10-16(14)17)31-23-19-4-2-1-3-18(19)22(26-27-23)30-12-13-5-6-13/h1-4,8,10-11,13,17,20H,5-7,9,12H2,(H,25,28,29)/t17-,20?/m0/s1. The van der Waals surface area contributed by atoms with Gasteiger partial charge in [-0.25, -0.2) is 0 Å². The molecule has 3 aliphatic rings. The maximum atomic E-state index is 12.1. The fraction of sp³-hybridized carbons (Fsp3) is 0.333. The highest BCUT2D eigenvalue weighted by Gasteiger charge is 2.41. The zero-order valence-corrected chi connectivity index (χ0v) is 18.1. The van der Waals surface area contributed by atoms with Crippen molar-refractivity contribution in [3.05, 3.63) is 53.6 Å². The average Bonchev–Trinajstić information content (AvgIpc) is 3.45. The molecule has 7 nitrogen and oxygen atoms in total. The van der Waals surface area contributed by atoms with E-state index in [0.717, 1.165) is 46.5 Å². The summed E-state index contributed by atoms with van der Waals surface area (Å²) in [4.78, 5) is 23.7. The first kappa shape index (κ1) is 19.5. The van der Waals surface area contributed by atoms with Gasteiger partial charge >= 0.3 is 0 Å². The first-order chi connectivity index (χ1) is 15.7. The third kappa shape index (κ3) is 3.58. The predicted octanol–water partition coefficient (Wildman–Crippen LogP) is 4.59. The lowest BCUT2D eigenvalue weighted by Gasteiger charge is -2.16. The van der Waals surface area contributed by atoms with Gasteiger partial charge in [0.2, 0.25) is 17.7 Å². The number of benzene rings is 2. The highest BCUT2D eigenvalue weighted by Crippen LogP contribution is 2.43. The molecule has 1 N–H and O–H groups in total. The average molecular weight is 448 g/mol. The first-order valence-corrected chi connectivity index (χ1v) is 11.7. The molecule has 2 heterocycles. The lowest BCUT2D eigenvalue weighted by Crippen LogP contribution is -2.27. The van der Waals surface area contributed by atoms with Crippen LogP contribution in [0.4, 0.5) is 4.79 Å². The van der Waals surface area contributed by atoms with E-state index in [1.165, 1.54) is 12.8 Å². The smallest absolute Gasteiger partial charge is 0.286 e. The zero-order chi connectivity index (χ0) is 21.7. The van der Waals surface area contributed by atoms with E-state index < -0.39 is 0 Å². The molecule has 2 amide bonds. The van der Waals surface area contributed by atoms with Crippen molar-refractivity contribution in [3.8, 4) is 17.5 Å². The third-order valence-corrected chi connectivity index (χ3v) is 7.42. The van der Waals surface area contributed by atoms with Gasteiger partial charge in [0.05, 0.1) is 17.4 Å². The summed E-state index contributed by atoms with van der Waals surface area (Å²) in [5, 5.41) is 12.1. The van der Waals surface area contributed by atoms with Crippen molar-refractivity contribution in [3.63, 3.8) is 0 Å². The van der Waals surface area contributed by atoms with Crippen LogP contribution in [0.25, 0.3) is 10.8 Å². The Hall–Kier alpha value is -3.13. The van der Waals surface area contributed by atoms with Gasteiger partial charge in [-0.3, -0.25) is 14.9 Å². The van der Waals surface area contributed by atoms with Gasteiger partial charge in [0.15, 0.2) is 0 Å². The number of ether oxygens (including phenoxy) is 2. The van der Waals surface area contributed by atoms with Crippen molar-refractivity contribution < 1.29 is 19.1 Å². The Labute approximate surface area is 188 Å². The number of nitrogens with zero attached hydrogens (tertiary/aromatic N) is 2. The van der Waals surface area contributed by atoms with Crippen LogP contribution in [0.3, 0.4) is 0 Å². The van der Waals surface area contributed by atoms with Gasteiger partial charge in [0.1, 0.15) is 11.0 Å². The van der Waals surface area contributed by atoms with E-state index in [4.69, 9.17) is 9.47 Å². The first-order valence-electron chi connectivity index (χ1n) is 10.9. The van der Waals surface area contributed by atoms with Gasteiger partial charge in [-0.15, -0.1) is 10.2 Å². The number of carbonyl (C=O) groups excluding carboxylic acids is 2. The summed E-state index contributed by atoms with van der Waals surface area (Å²) in [5.41, 5.74) is 2.25. The number of aryl methyl sites for hydroxylation is 1. The number of fused-ring (bicyclic) bond motifs is 2. The molecule has 1 aromatic heterocycles. The van der Waals surface area contributed by atoms with Crippen LogP contribution in [0.2, 0.25) is 0 Å². The minimum Gasteiger partial charge on any atom is -0.476 e. The molecule has 3 aromatic rings. The summed E-state index contributed by atoms with van der Waals surface area (Å²) in [5.74, 6) is 2.13. The number of imide groups is 1. The second-order valence-electron chi connectivity index (χ2n) is 8.53. The molecule has 162 valence electrons. The highest BCUT2D eigenvalue weighted by atomic mass is 32.2. The summed E-state index contributed by atoms with van der Waals surface area (Å²) in [6, 6.07) is 13.7. The van der Waals surface area contributed by atoms with E-state index in [0.29, 0.717) is 30.0 Å².